The molecule has 0 spiro atoms. The van der Waals surface area contributed by atoms with Crippen LogP contribution in [0.15, 0.2) is 73.1 Å². The number of aliphatic carboxylic acids is 2. The third-order valence-electron chi connectivity index (χ3n) is 3.82. The molecule has 1 aromatic rings. The Morgan fingerprint density at radius 2 is 1.52 bits per heavy atom. The lowest BCUT2D eigenvalue weighted by Crippen LogP contribution is -2.46. The minimum atomic E-state index is -1.10. The van der Waals surface area contributed by atoms with E-state index in [1.807, 2.05) is 0 Å². The van der Waals surface area contributed by atoms with E-state index < -0.39 is 11.9 Å². The minimum absolute atomic E-state index is 0.0199. The van der Waals surface area contributed by atoms with Crippen molar-refractivity contribution in [3.8, 4) is 5.75 Å². The van der Waals surface area contributed by atoms with Crippen LogP contribution in [0.4, 0.5) is 0 Å². The Morgan fingerprint density at radius 1 is 0.931 bits per heavy atom. The van der Waals surface area contributed by atoms with E-state index in [0.29, 0.717) is 11.1 Å². The maximum absolute atomic E-state index is 11.3. The number of rotatable bonds is 13. The average molecular weight is 400 g/mol. The molecule has 0 bridgehead atoms. The molecule has 0 fully saturated rings. The summed E-state index contributed by atoms with van der Waals surface area (Å²) in [5.41, 5.74) is 0.916. The number of phenolic OH excluding ortho intramolecular Hbond substituents is 1. The fourth-order valence-corrected chi connectivity index (χ4v) is 2.68. The number of aromatic hydroxyl groups is 1. The third kappa shape index (κ3) is 8.96. The van der Waals surface area contributed by atoms with Gasteiger partial charge in [-0.25, -0.2) is 0 Å². The van der Waals surface area contributed by atoms with E-state index in [1.54, 1.807) is 18.2 Å². The van der Waals surface area contributed by atoms with Gasteiger partial charge in [-0.15, -0.1) is 0 Å². The smallest absolute Gasteiger partial charge is 0.316 e. The van der Waals surface area contributed by atoms with Crippen LogP contribution in [0.2, 0.25) is 0 Å². The van der Waals surface area contributed by atoms with Gasteiger partial charge in [0.2, 0.25) is 0 Å². The molecule has 1 rings (SSSR count). The molecule has 0 heterocycles. The summed E-state index contributed by atoms with van der Waals surface area (Å²) < 4.78 is 0. The summed E-state index contributed by atoms with van der Waals surface area (Å²) in [6, 6.07) is 6.52. The van der Waals surface area contributed by atoms with Gasteiger partial charge in [0.1, 0.15) is 11.5 Å². The number of hydrogen-bond donors (Lipinski definition) is 4. The van der Waals surface area contributed by atoms with Crippen molar-refractivity contribution in [3.63, 3.8) is 0 Å². The molecule has 29 heavy (non-hydrogen) atoms. The second-order valence-electron chi connectivity index (χ2n) is 6.25. The van der Waals surface area contributed by atoms with Gasteiger partial charge < -0.3 is 30.0 Å². The molecule has 0 aliphatic rings. The summed E-state index contributed by atoms with van der Waals surface area (Å²) in [6.45, 7) is 6.49. The van der Waals surface area contributed by atoms with E-state index in [9.17, 15) is 30.0 Å². The minimum Gasteiger partial charge on any atom is -0.508 e. The van der Waals surface area contributed by atoms with Crippen LogP contribution in [0, 0.1) is 0 Å². The van der Waals surface area contributed by atoms with Crippen molar-refractivity contribution < 1.29 is 30.0 Å². The van der Waals surface area contributed by atoms with Crippen molar-refractivity contribution in [2.75, 3.05) is 19.6 Å². The van der Waals surface area contributed by atoms with Gasteiger partial charge in [-0.2, -0.15) is 0 Å². The first kappa shape index (κ1) is 23.7. The van der Waals surface area contributed by atoms with E-state index in [-0.39, 0.29) is 45.2 Å². The van der Waals surface area contributed by atoms with E-state index in [4.69, 9.17) is 0 Å². The number of nitrogens with zero attached hydrogens (tertiary/aromatic N) is 2. The van der Waals surface area contributed by atoms with Gasteiger partial charge in [-0.1, -0.05) is 49.6 Å². The van der Waals surface area contributed by atoms with E-state index in [0.717, 1.165) is 0 Å². The SMILES string of the molecule is C=C/C=C(CN(BN(CC(=O)O)Cc1ccccc1O)CC(=O)O)\C(O)=C/C=C. The molecule has 8 nitrogen and oxygen atoms in total. The number of aliphatic hydroxyl groups is 1. The molecular weight excluding hydrogens is 375 g/mol. The number of para-hydroxylation sites is 1. The van der Waals surface area contributed by atoms with Crippen LogP contribution < -0.4 is 0 Å². The maximum atomic E-state index is 11.3. The van der Waals surface area contributed by atoms with Crippen LogP contribution in [-0.4, -0.2) is 69.2 Å². The monoisotopic (exact) mass is 400 g/mol. The third-order valence-corrected chi connectivity index (χ3v) is 3.82. The molecule has 154 valence electrons. The van der Waals surface area contributed by atoms with E-state index in [2.05, 4.69) is 13.2 Å². The molecule has 0 aliphatic heterocycles. The van der Waals surface area contributed by atoms with Crippen LogP contribution in [-0.2, 0) is 16.1 Å². The van der Waals surface area contributed by atoms with Gasteiger partial charge in [0.25, 0.3) is 7.55 Å². The van der Waals surface area contributed by atoms with Crippen molar-refractivity contribution in [3.05, 3.63) is 78.6 Å². The van der Waals surface area contributed by atoms with Crippen molar-refractivity contribution in [1.82, 2.24) is 9.62 Å². The average Bonchev–Trinajstić information content (AvgIpc) is 2.62. The number of benzene rings is 1. The topological polar surface area (TPSA) is 122 Å². The lowest BCUT2D eigenvalue weighted by Gasteiger charge is -2.28. The molecule has 4 N–H and O–H groups in total. The molecule has 0 aromatic heterocycles. The second kappa shape index (κ2) is 12.2. The predicted molar refractivity (Wildman–Crippen MR) is 112 cm³/mol. The molecule has 0 unspecified atom stereocenters. The summed E-state index contributed by atoms with van der Waals surface area (Å²) in [6.07, 6.45) is 5.75. The molecule has 9 heteroatoms. The highest BCUT2D eigenvalue weighted by Gasteiger charge is 2.21. The lowest BCUT2D eigenvalue weighted by atomic mass is 9.99. The summed E-state index contributed by atoms with van der Waals surface area (Å²) in [7, 11) is -0.0250. The number of phenols is 1. The zero-order valence-corrected chi connectivity index (χ0v) is 16.1. The van der Waals surface area contributed by atoms with Gasteiger partial charge in [0.05, 0.1) is 13.1 Å². The van der Waals surface area contributed by atoms with Crippen LogP contribution in [0.3, 0.4) is 0 Å². The first-order chi connectivity index (χ1) is 13.8. The normalized spacial score (nSPS) is 12.1. The van der Waals surface area contributed by atoms with Gasteiger partial charge >= 0.3 is 11.9 Å². The molecule has 0 amide bonds. The van der Waals surface area contributed by atoms with Crippen molar-refractivity contribution in [2.24, 2.45) is 0 Å². The van der Waals surface area contributed by atoms with E-state index >= 15 is 0 Å². The summed E-state index contributed by atoms with van der Waals surface area (Å²) >= 11 is 0. The van der Waals surface area contributed by atoms with E-state index in [1.165, 1.54) is 40.0 Å². The van der Waals surface area contributed by atoms with Crippen molar-refractivity contribution in [2.45, 2.75) is 6.54 Å². The number of carbonyl (C=O) groups is 2. The quantitative estimate of drug-likeness (QED) is 0.224. The summed E-state index contributed by atoms with van der Waals surface area (Å²) in [5, 5.41) is 38.6. The lowest BCUT2D eigenvalue weighted by molar-refractivity contribution is -0.137. The summed E-state index contributed by atoms with van der Waals surface area (Å²) in [5.74, 6) is -2.27. The maximum Gasteiger partial charge on any atom is 0.316 e. The standard InChI is InChI=1S/C20H25BN2O6/c1-3-7-15(17(24)8-4-2)11-22(13-19(26)27)21-23(14-20(28)29)12-16-9-5-6-10-18(16)25/h3-10,21,24-25H,1-2,11-14H2,(H,26,27)(H,28,29)/b15-7-,17-8+. The molecule has 0 saturated heterocycles. The first-order valence-electron chi connectivity index (χ1n) is 8.75. The molecule has 0 atom stereocenters. The Hall–Kier alpha value is -3.30. The predicted octanol–water partition coefficient (Wildman–Crippen LogP) is 1.67. The zero-order chi connectivity index (χ0) is 21.8. The number of aliphatic hydroxyl groups excluding tert-OH is 1. The highest BCUT2D eigenvalue weighted by Crippen LogP contribution is 2.18. The number of carboxylic acid groups (broad SMARTS) is 2. The Kier molecular flexibility index (Phi) is 10.0. The van der Waals surface area contributed by atoms with Crippen LogP contribution >= 0.6 is 0 Å². The van der Waals surface area contributed by atoms with Crippen molar-refractivity contribution >= 4 is 19.5 Å². The Labute approximate surface area is 170 Å². The van der Waals surface area contributed by atoms with Gasteiger partial charge in [0, 0.05) is 24.2 Å². The Balaban J connectivity index is 3.10. The van der Waals surface area contributed by atoms with Crippen LogP contribution in [0.5, 0.6) is 5.75 Å². The largest absolute Gasteiger partial charge is 0.508 e. The molecule has 0 saturated carbocycles. The fraction of sp³-hybridized carbons (Fsp3) is 0.200. The molecule has 0 radical (unpaired) electrons. The van der Waals surface area contributed by atoms with Gasteiger partial charge in [0.15, 0.2) is 0 Å². The summed E-state index contributed by atoms with van der Waals surface area (Å²) in [4.78, 5) is 25.5. The highest BCUT2D eigenvalue weighted by atomic mass is 16.4. The number of allylic oxidation sites excluding steroid dienone is 4. The van der Waals surface area contributed by atoms with Gasteiger partial charge in [-0.3, -0.25) is 9.59 Å². The van der Waals surface area contributed by atoms with Gasteiger partial charge in [-0.05, 0) is 12.1 Å². The Bertz CT molecular complexity index is 806. The molecule has 0 aliphatic carbocycles. The highest BCUT2D eigenvalue weighted by molar-refractivity contribution is 6.29. The first-order valence-corrected chi connectivity index (χ1v) is 8.75. The number of hydrogen-bond acceptors (Lipinski definition) is 6. The Morgan fingerprint density at radius 3 is 2.07 bits per heavy atom. The fourth-order valence-electron chi connectivity index (χ4n) is 2.68. The molecule has 1 aromatic carbocycles. The second-order valence-corrected chi connectivity index (χ2v) is 6.25. The van der Waals surface area contributed by atoms with Crippen molar-refractivity contribution in [1.29, 1.82) is 0 Å². The number of carboxylic acids is 2. The molecular formula is C20H25BN2O6. The van der Waals surface area contributed by atoms with Crippen LogP contribution in [0.1, 0.15) is 5.56 Å². The zero-order valence-electron chi connectivity index (χ0n) is 16.1. The van der Waals surface area contributed by atoms with Crippen LogP contribution in [0.25, 0.3) is 0 Å².